The van der Waals surface area contributed by atoms with Crippen molar-refractivity contribution < 1.29 is 4.39 Å². The van der Waals surface area contributed by atoms with Crippen LogP contribution in [0.4, 0.5) is 21.6 Å². The van der Waals surface area contributed by atoms with E-state index in [0.717, 1.165) is 5.39 Å². The molecule has 0 aliphatic carbocycles. The van der Waals surface area contributed by atoms with E-state index in [9.17, 15) is 9.18 Å². The predicted octanol–water partition coefficient (Wildman–Crippen LogP) is 5.01. The third kappa shape index (κ3) is 3.03. The summed E-state index contributed by atoms with van der Waals surface area (Å²) in [5, 5.41) is 4.24. The van der Waals surface area contributed by atoms with Crippen molar-refractivity contribution in [2.75, 3.05) is 5.32 Å². The molecule has 3 N–H and O–H groups in total. The SMILES string of the molecule is [C-]#[N+]c1[nH]c(=O)c(-c2cc(Cl)ccc2F)cc1Nc1ccnc2[nH]ccc12. The van der Waals surface area contributed by atoms with E-state index in [1.807, 2.05) is 6.07 Å². The minimum absolute atomic E-state index is 0.0201. The summed E-state index contributed by atoms with van der Waals surface area (Å²) >= 11 is 5.95. The van der Waals surface area contributed by atoms with Crippen molar-refractivity contribution in [2.45, 2.75) is 0 Å². The second kappa shape index (κ2) is 6.59. The Morgan fingerprint density at radius 2 is 2.00 bits per heavy atom. The van der Waals surface area contributed by atoms with Gasteiger partial charge in [0.05, 0.1) is 16.9 Å². The molecule has 0 saturated heterocycles. The Kier molecular flexibility index (Phi) is 4.11. The molecule has 0 fully saturated rings. The summed E-state index contributed by atoms with van der Waals surface area (Å²) in [5.41, 5.74) is 1.27. The highest BCUT2D eigenvalue weighted by Gasteiger charge is 2.16. The third-order valence-electron chi connectivity index (χ3n) is 4.08. The molecule has 3 aromatic heterocycles. The zero-order valence-electron chi connectivity index (χ0n) is 13.7. The molecule has 0 aliphatic heterocycles. The first-order valence-corrected chi connectivity index (χ1v) is 8.24. The number of benzene rings is 1. The molecule has 4 aromatic rings. The summed E-state index contributed by atoms with van der Waals surface area (Å²) in [5.74, 6) is -0.560. The van der Waals surface area contributed by atoms with Gasteiger partial charge in [0.15, 0.2) is 0 Å². The first-order chi connectivity index (χ1) is 13.1. The van der Waals surface area contributed by atoms with Gasteiger partial charge in [-0.2, -0.15) is 0 Å². The van der Waals surface area contributed by atoms with E-state index in [2.05, 4.69) is 25.1 Å². The lowest BCUT2D eigenvalue weighted by Gasteiger charge is -2.11. The Morgan fingerprint density at radius 3 is 2.81 bits per heavy atom. The highest BCUT2D eigenvalue weighted by molar-refractivity contribution is 6.30. The average Bonchev–Trinajstić information content (AvgIpc) is 3.15. The Morgan fingerprint density at radius 1 is 1.15 bits per heavy atom. The van der Waals surface area contributed by atoms with Crippen LogP contribution in [0, 0.1) is 12.4 Å². The van der Waals surface area contributed by atoms with Gasteiger partial charge in [-0.1, -0.05) is 18.2 Å². The van der Waals surface area contributed by atoms with Gasteiger partial charge < -0.3 is 15.1 Å². The van der Waals surface area contributed by atoms with Crippen LogP contribution in [-0.4, -0.2) is 15.0 Å². The van der Waals surface area contributed by atoms with Gasteiger partial charge >= 0.3 is 5.56 Å². The van der Waals surface area contributed by atoms with E-state index >= 15 is 0 Å². The van der Waals surface area contributed by atoms with E-state index in [1.54, 1.807) is 18.5 Å². The van der Waals surface area contributed by atoms with Crippen molar-refractivity contribution in [3.8, 4) is 11.1 Å². The minimum Gasteiger partial charge on any atom is -0.363 e. The molecule has 0 bridgehead atoms. The van der Waals surface area contributed by atoms with Gasteiger partial charge in [-0.25, -0.2) is 14.2 Å². The van der Waals surface area contributed by atoms with Crippen LogP contribution in [0.2, 0.25) is 5.02 Å². The van der Waals surface area contributed by atoms with Gasteiger partial charge in [-0.3, -0.25) is 4.98 Å². The molecule has 4 rings (SSSR count). The van der Waals surface area contributed by atoms with E-state index < -0.39 is 11.4 Å². The fourth-order valence-corrected chi connectivity index (χ4v) is 2.99. The van der Waals surface area contributed by atoms with E-state index in [-0.39, 0.29) is 16.9 Å². The maximum atomic E-state index is 14.2. The van der Waals surface area contributed by atoms with E-state index in [4.69, 9.17) is 18.2 Å². The lowest BCUT2D eigenvalue weighted by molar-refractivity contribution is 0.631. The summed E-state index contributed by atoms with van der Waals surface area (Å²) < 4.78 is 14.2. The molecule has 0 saturated carbocycles. The smallest absolute Gasteiger partial charge is 0.324 e. The molecular formula is C19H11ClFN5O. The number of halogens is 2. The molecule has 3 heterocycles. The van der Waals surface area contributed by atoms with Crippen molar-refractivity contribution in [2.24, 2.45) is 0 Å². The van der Waals surface area contributed by atoms with Crippen LogP contribution in [-0.2, 0) is 0 Å². The number of fused-ring (bicyclic) bond motifs is 1. The molecule has 0 aliphatic rings. The van der Waals surface area contributed by atoms with E-state index in [0.29, 0.717) is 22.0 Å². The number of hydrogen-bond donors (Lipinski definition) is 3. The van der Waals surface area contributed by atoms with Crippen LogP contribution in [0.1, 0.15) is 0 Å². The van der Waals surface area contributed by atoms with Crippen LogP contribution < -0.4 is 10.9 Å². The topological polar surface area (TPSA) is 77.9 Å². The van der Waals surface area contributed by atoms with Gasteiger partial charge in [-0.05, 0) is 36.4 Å². The number of pyridine rings is 2. The predicted molar refractivity (Wildman–Crippen MR) is 103 cm³/mol. The molecule has 0 unspecified atom stereocenters. The van der Waals surface area contributed by atoms with Gasteiger partial charge in [0.25, 0.3) is 5.82 Å². The van der Waals surface area contributed by atoms with Crippen LogP contribution >= 0.6 is 11.6 Å². The van der Waals surface area contributed by atoms with Gasteiger partial charge in [-0.15, -0.1) is 0 Å². The zero-order chi connectivity index (χ0) is 19.0. The molecular weight excluding hydrogens is 369 g/mol. The molecule has 6 nitrogen and oxygen atoms in total. The maximum absolute atomic E-state index is 14.2. The van der Waals surface area contributed by atoms with Crippen LogP contribution in [0.3, 0.4) is 0 Å². The fraction of sp³-hybridized carbons (Fsp3) is 0. The number of nitrogens with zero attached hydrogens (tertiary/aromatic N) is 2. The monoisotopic (exact) mass is 379 g/mol. The number of nitrogens with one attached hydrogen (secondary N) is 3. The van der Waals surface area contributed by atoms with Crippen molar-refractivity contribution >= 4 is 39.8 Å². The van der Waals surface area contributed by atoms with Crippen molar-refractivity contribution in [1.82, 2.24) is 15.0 Å². The summed E-state index contributed by atoms with van der Waals surface area (Å²) in [6.07, 6.45) is 3.36. The highest BCUT2D eigenvalue weighted by atomic mass is 35.5. The summed E-state index contributed by atoms with van der Waals surface area (Å²) in [6.45, 7) is 7.33. The number of H-pyrrole nitrogens is 2. The summed E-state index contributed by atoms with van der Waals surface area (Å²) in [6, 6.07) is 9.00. The number of anilines is 2. The molecule has 1 aromatic carbocycles. The number of aromatic amines is 2. The zero-order valence-corrected chi connectivity index (χ0v) is 14.4. The largest absolute Gasteiger partial charge is 0.363 e. The second-order valence-electron chi connectivity index (χ2n) is 5.73. The van der Waals surface area contributed by atoms with Gasteiger partial charge in [0.2, 0.25) is 0 Å². The second-order valence-corrected chi connectivity index (χ2v) is 6.17. The molecule has 0 amide bonds. The van der Waals surface area contributed by atoms with Gasteiger partial charge in [0, 0.05) is 28.4 Å². The van der Waals surface area contributed by atoms with Crippen molar-refractivity contribution in [1.29, 1.82) is 0 Å². The normalized spacial score (nSPS) is 10.7. The summed E-state index contributed by atoms with van der Waals surface area (Å²) in [7, 11) is 0. The number of hydrogen-bond acceptors (Lipinski definition) is 3. The molecule has 0 radical (unpaired) electrons. The fourth-order valence-electron chi connectivity index (χ4n) is 2.82. The average molecular weight is 380 g/mol. The Bertz CT molecular complexity index is 1270. The third-order valence-corrected chi connectivity index (χ3v) is 4.32. The van der Waals surface area contributed by atoms with Crippen LogP contribution in [0.5, 0.6) is 0 Å². The first kappa shape index (κ1) is 16.8. The van der Waals surface area contributed by atoms with E-state index in [1.165, 1.54) is 24.3 Å². The molecule has 0 spiro atoms. The Balaban J connectivity index is 1.88. The minimum atomic E-state index is -0.580. The number of aromatic nitrogens is 3. The highest BCUT2D eigenvalue weighted by Crippen LogP contribution is 2.32. The Labute approximate surface area is 157 Å². The molecule has 8 heteroatoms. The summed E-state index contributed by atoms with van der Waals surface area (Å²) in [4.78, 5) is 25.5. The standard InChI is InChI=1S/C19H11ClFN5O/c1-22-18-16(25-15-5-7-24-17-11(15)4-6-23-17)9-13(19(27)26-18)12-8-10(20)2-3-14(12)21/h2-9H,(H,26,27)(H2,23,24,25). The lowest BCUT2D eigenvalue weighted by Crippen LogP contribution is -2.10. The van der Waals surface area contributed by atoms with Crippen LogP contribution in [0.15, 0.2) is 53.6 Å². The van der Waals surface area contributed by atoms with Crippen molar-refractivity contribution in [3.05, 3.63) is 81.4 Å². The van der Waals surface area contributed by atoms with Crippen molar-refractivity contribution in [3.63, 3.8) is 0 Å². The quantitative estimate of drug-likeness (QED) is 0.438. The molecule has 0 atom stereocenters. The van der Waals surface area contributed by atoms with Gasteiger partial charge in [0.1, 0.15) is 11.5 Å². The number of rotatable bonds is 3. The molecule has 132 valence electrons. The maximum Gasteiger partial charge on any atom is 0.324 e. The Hall–Kier alpha value is -3.63. The molecule has 27 heavy (non-hydrogen) atoms. The lowest BCUT2D eigenvalue weighted by atomic mass is 10.1. The van der Waals surface area contributed by atoms with Crippen LogP contribution in [0.25, 0.3) is 27.0 Å². The first-order valence-electron chi connectivity index (χ1n) is 7.86.